The molecular formula is C14H16N2O4S. The van der Waals surface area contributed by atoms with E-state index in [9.17, 15) is 0 Å². The van der Waals surface area contributed by atoms with Gasteiger partial charge < -0.3 is 5.32 Å². The Balaban J connectivity index is 0.000000282. The molecule has 7 heteroatoms. The van der Waals surface area contributed by atoms with Crippen LogP contribution in [0.1, 0.15) is 5.56 Å². The van der Waals surface area contributed by atoms with Crippen molar-refractivity contribution in [2.24, 2.45) is 4.99 Å². The van der Waals surface area contributed by atoms with E-state index in [1.165, 1.54) is 16.3 Å². The summed E-state index contributed by atoms with van der Waals surface area (Å²) >= 11 is 0. The average Bonchev–Trinajstić information content (AvgIpc) is 2.90. The second-order valence-corrected chi connectivity index (χ2v) is 5.41. The molecule has 0 spiro atoms. The lowest BCUT2D eigenvalue weighted by atomic mass is 10.0. The van der Waals surface area contributed by atoms with Crippen molar-refractivity contribution in [1.82, 2.24) is 5.32 Å². The molecular weight excluding hydrogens is 292 g/mol. The van der Waals surface area contributed by atoms with Crippen LogP contribution in [0.4, 0.5) is 0 Å². The van der Waals surface area contributed by atoms with Gasteiger partial charge in [0, 0.05) is 13.0 Å². The molecule has 0 amide bonds. The fourth-order valence-corrected chi connectivity index (χ4v) is 2.19. The summed E-state index contributed by atoms with van der Waals surface area (Å²) in [6, 6.07) is 15.0. The van der Waals surface area contributed by atoms with Gasteiger partial charge in [0.2, 0.25) is 0 Å². The first-order chi connectivity index (χ1) is 9.93. The zero-order valence-electron chi connectivity index (χ0n) is 11.2. The Bertz CT molecular complexity index is 743. The van der Waals surface area contributed by atoms with E-state index in [0.717, 1.165) is 25.3 Å². The fraction of sp³-hybridized carbons (Fsp3) is 0.214. The predicted octanol–water partition coefficient (Wildman–Crippen LogP) is 1.73. The number of aliphatic imine (C=N–C) groups is 1. The Hall–Kier alpha value is -1.96. The molecule has 1 heterocycles. The van der Waals surface area contributed by atoms with Crippen LogP contribution in [0.3, 0.4) is 0 Å². The molecule has 2 aromatic rings. The molecule has 0 fully saturated rings. The lowest BCUT2D eigenvalue weighted by Gasteiger charge is -2.06. The minimum atomic E-state index is -4.67. The first-order valence-electron chi connectivity index (χ1n) is 6.37. The number of amidine groups is 1. The summed E-state index contributed by atoms with van der Waals surface area (Å²) in [4.78, 5) is 4.44. The van der Waals surface area contributed by atoms with Gasteiger partial charge in [0.1, 0.15) is 5.84 Å². The quantitative estimate of drug-likeness (QED) is 0.734. The van der Waals surface area contributed by atoms with Crippen LogP contribution in [0.5, 0.6) is 0 Å². The van der Waals surface area contributed by atoms with Crippen LogP contribution < -0.4 is 5.32 Å². The van der Waals surface area contributed by atoms with Gasteiger partial charge in [-0.15, -0.1) is 0 Å². The van der Waals surface area contributed by atoms with Crippen molar-refractivity contribution in [2.75, 3.05) is 13.1 Å². The van der Waals surface area contributed by atoms with E-state index < -0.39 is 10.4 Å². The van der Waals surface area contributed by atoms with Crippen LogP contribution in [-0.2, 0) is 16.8 Å². The monoisotopic (exact) mass is 308 g/mol. The van der Waals surface area contributed by atoms with Gasteiger partial charge >= 0.3 is 10.4 Å². The van der Waals surface area contributed by atoms with Crippen LogP contribution in [0.15, 0.2) is 47.5 Å². The fourth-order valence-electron chi connectivity index (χ4n) is 2.19. The highest BCUT2D eigenvalue weighted by Crippen LogP contribution is 2.19. The first-order valence-corrected chi connectivity index (χ1v) is 7.77. The standard InChI is InChI=1S/C14H14N2.H2O4S/c1-2-7-13-11(4-1)5-3-6-12(13)10-14-15-8-9-16-14;1-5(2,3)4/h1-7H,8-10H2,(H,15,16);(H2,1,2,3,4). The van der Waals surface area contributed by atoms with E-state index in [1.54, 1.807) is 0 Å². The molecule has 2 aromatic carbocycles. The largest absolute Gasteiger partial charge is 0.394 e. The van der Waals surface area contributed by atoms with E-state index in [4.69, 9.17) is 17.5 Å². The smallest absolute Gasteiger partial charge is 0.372 e. The lowest BCUT2D eigenvalue weighted by molar-refractivity contribution is 0.381. The van der Waals surface area contributed by atoms with Gasteiger partial charge in [-0.25, -0.2) is 0 Å². The summed E-state index contributed by atoms with van der Waals surface area (Å²) < 4.78 is 31.6. The molecule has 21 heavy (non-hydrogen) atoms. The van der Waals surface area contributed by atoms with Crippen molar-refractivity contribution >= 4 is 27.0 Å². The zero-order chi connectivity index (χ0) is 15.3. The minimum absolute atomic E-state index is 0.917. The summed E-state index contributed by atoms with van der Waals surface area (Å²) in [7, 11) is -4.67. The molecule has 0 saturated heterocycles. The number of hydrogen-bond donors (Lipinski definition) is 3. The Kier molecular flexibility index (Phi) is 4.89. The van der Waals surface area contributed by atoms with Crippen molar-refractivity contribution in [3.8, 4) is 0 Å². The van der Waals surface area contributed by atoms with E-state index in [1.807, 2.05) is 0 Å². The van der Waals surface area contributed by atoms with Gasteiger partial charge in [0.15, 0.2) is 0 Å². The third-order valence-corrected chi connectivity index (χ3v) is 2.98. The summed E-state index contributed by atoms with van der Waals surface area (Å²) in [6.07, 6.45) is 0.918. The molecule has 0 saturated carbocycles. The summed E-state index contributed by atoms with van der Waals surface area (Å²) in [5, 5.41) is 5.96. The maximum absolute atomic E-state index is 8.74. The van der Waals surface area contributed by atoms with Crippen molar-refractivity contribution < 1.29 is 17.5 Å². The summed E-state index contributed by atoms with van der Waals surface area (Å²) in [6.45, 7) is 1.90. The third kappa shape index (κ3) is 5.14. The molecule has 3 rings (SSSR count). The minimum Gasteiger partial charge on any atom is -0.372 e. The molecule has 0 aliphatic carbocycles. The maximum atomic E-state index is 8.74. The first kappa shape index (κ1) is 15.4. The maximum Gasteiger partial charge on any atom is 0.394 e. The zero-order valence-corrected chi connectivity index (χ0v) is 12.0. The van der Waals surface area contributed by atoms with Gasteiger partial charge in [0.25, 0.3) is 0 Å². The van der Waals surface area contributed by atoms with Gasteiger partial charge in [-0.05, 0) is 16.3 Å². The molecule has 0 bridgehead atoms. The highest BCUT2D eigenvalue weighted by molar-refractivity contribution is 7.79. The molecule has 112 valence electrons. The molecule has 0 unspecified atom stereocenters. The van der Waals surface area contributed by atoms with Gasteiger partial charge in [0.05, 0.1) is 6.54 Å². The van der Waals surface area contributed by atoms with E-state index in [2.05, 4.69) is 52.8 Å². The normalized spacial score (nSPS) is 14.1. The number of hydrogen-bond acceptors (Lipinski definition) is 4. The SMILES string of the molecule is O=S(=O)(O)O.c1ccc2c(CC3=NCCN3)cccc2c1. The molecule has 1 aliphatic rings. The summed E-state index contributed by atoms with van der Waals surface area (Å²) in [5.74, 6) is 1.12. The Morgan fingerprint density at radius 3 is 2.43 bits per heavy atom. The topological polar surface area (TPSA) is 99.0 Å². The van der Waals surface area contributed by atoms with Crippen LogP contribution in [0, 0.1) is 0 Å². The number of fused-ring (bicyclic) bond motifs is 1. The second kappa shape index (κ2) is 6.66. The van der Waals surface area contributed by atoms with E-state index >= 15 is 0 Å². The van der Waals surface area contributed by atoms with Crippen LogP contribution in [0.2, 0.25) is 0 Å². The Morgan fingerprint density at radius 2 is 1.76 bits per heavy atom. The number of nitrogens with zero attached hydrogens (tertiary/aromatic N) is 1. The van der Waals surface area contributed by atoms with Gasteiger partial charge in [-0.1, -0.05) is 42.5 Å². The van der Waals surface area contributed by atoms with Crippen LogP contribution in [0.25, 0.3) is 10.8 Å². The molecule has 6 nitrogen and oxygen atoms in total. The van der Waals surface area contributed by atoms with Crippen molar-refractivity contribution in [3.63, 3.8) is 0 Å². The highest BCUT2D eigenvalue weighted by Gasteiger charge is 2.07. The van der Waals surface area contributed by atoms with Gasteiger partial charge in [-0.2, -0.15) is 8.42 Å². The van der Waals surface area contributed by atoms with Crippen LogP contribution >= 0.6 is 0 Å². The average molecular weight is 308 g/mol. The van der Waals surface area contributed by atoms with E-state index in [-0.39, 0.29) is 0 Å². The second-order valence-electron chi connectivity index (χ2n) is 4.52. The Morgan fingerprint density at radius 1 is 1.10 bits per heavy atom. The third-order valence-electron chi connectivity index (χ3n) is 2.98. The van der Waals surface area contributed by atoms with Crippen molar-refractivity contribution in [2.45, 2.75) is 6.42 Å². The van der Waals surface area contributed by atoms with Crippen molar-refractivity contribution in [1.29, 1.82) is 0 Å². The van der Waals surface area contributed by atoms with Crippen LogP contribution in [-0.4, -0.2) is 36.4 Å². The molecule has 3 N–H and O–H groups in total. The van der Waals surface area contributed by atoms with Crippen molar-refractivity contribution in [3.05, 3.63) is 48.0 Å². The molecule has 1 aliphatic heterocycles. The molecule has 0 aromatic heterocycles. The predicted molar refractivity (Wildman–Crippen MR) is 82.1 cm³/mol. The Labute approximate surface area is 123 Å². The number of rotatable bonds is 2. The molecule has 0 atom stereocenters. The van der Waals surface area contributed by atoms with E-state index in [0.29, 0.717) is 0 Å². The summed E-state index contributed by atoms with van der Waals surface area (Å²) in [5.41, 5.74) is 1.35. The molecule has 0 radical (unpaired) electrons. The van der Waals surface area contributed by atoms with Gasteiger partial charge in [-0.3, -0.25) is 14.1 Å². The lowest BCUT2D eigenvalue weighted by Crippen LogP contribution is -2.20. The number of nitrogens with one attached hydrogen (secondary N) is 1. The number of benzene rings is 2. The highest BCUT2D eigenvalue weighted by atomic mass is 32.3.